The number of hydrogen-bond donors (Lipinski definition) is 3. The van der Waals surface area contributed by atoms with Crippen LogP contribution in [0.25, 0.3) is 10.9 Å². The van der Waals surface area contributed by atoms with Crippen molar-refractivity contribution in [3.63, 3.8) is 0 Å². The fourth-order valence-electron chi connectivity index (χ4n) is 2.37. The van der Waals surface area contributed by atoms with E-state index in [1.54, 1.807) is 6.08 Å². The molecule has 0 radical (unpaired) electrons. The van der Waals surface area contributed by atoms with Crippen LogP contribution in [-0.2, 0) is 16.0 Å². The summed E-state index contributed by atoms with van der Waals surface area (Å²) >= 11 is 0. The van der Waals surface area contributed by atoms with Crippen LogP contribution in [0.3, 0.4) is 0 Å². The maximum absolute atomic E-state index is 11.6. The van der Waals surface area contributed by atoms with Crippen molar-refractivity contribution < 1.29 is 14.4 Å². The number of hydrogen-bond acceptors (Lipinski definition) is 3. The molecule has 3 N–H and O–H groups in total. The van der Waals surface area contributed by atoms with Crippen LogP contribution >= 0.6 is 0 Å². The minimum absolute atomic E-state index is 0.0190. The summed E-state index contributed by atoms with van der Waals surface area (Å²) in [6.07, 6.45) is 4.71. The second kappa shape index (κ2) is 5.24. The van der Waals surface area contributed by atoms with Gasteiger partial charge >= 0.3 is 6.03 Å². The molecule has 106 valence electrons. The summed E-state index contributed by atoms with van der Waals surface area (Å²) < 4.78 is 0. The fraction of sp³-hybridized carbons (Fsp3) is 0.133. The number of aromatic amines is 1. The van der Waals surface area contributed by atoms with Crippen LogP contribution in [0, 0.1) is 0 Å². The van der Waals surface area contributed by atoms with Gasteiger partial charge in [0, 0.05) is 17.1 Å². The quantitative estimate of drug-likeness (QED) is 0.587. The van der Waals surface area contributed by atoms with Crippen molar-refractivity contribution in [3.05, 3.63) is 47.7 Å². The van der Waals surface area contributed by atoms with Gasteiger partial charge in [0.25, 0.3) is 11.8 Å². The molecule has 0 atom stereocenters. The van der Waals surface area contributed by atoms with Crippen molar-refractivity contribution >= 4 is 28.7 Å². The molecule has 1 aromatic carbocycles. The SMILES string of the molecule is O=C1NC(=O)C(=CCCc2c[nH]c3ccccc23)C(=O)N1. The van der Waals surface area contributed by atoms with E-state index in [9.17, 15) is 14.4 Å². The number of fused-ring (bicyclic) bond motifs is 1. The highest BCUT2D eigenvalue weighted by Crippen LogP contribution is 2.19. The Morgan fingerprint density at radius 3 is 2.48 bits per heavy atom. The number of imide groups is 2. The predicted octanol–water partition coefficient (Wildman–Crippen LogP) is 1.39. The number of urea groups is 1. The molecule has 1 aliphatic heterocycles. The minimum atomic E-state index is -0.779. The maximum atomic E-state index is 11.6. The largest absolute Gasteiger partial charge is 0.361 e. The van der Waals surface area contributed by atoms with Gasteiger partial charge in [0.1, 0.15) is 5.57 Å². The van der Waals surface area contributed by atoms with Crippen molar-refractivity contribution in [2.75, 3.05) is 0 Å². The Labute approximate surface area is 120 Å². The van der Waals surface area contributed by atoms with Gasteiger partial charge in [-0.2, -0.15) is 0 Å². The third-order valence-electron chi connectivity index (χ3n) is 3.38. The van der Waals surface area contributed by atoms with Crippen LogP contribution in [0.5, 0.6) is 0 Å². The molecule has 2 aromatic rings. The number of nitrogens with one attached hydrogen (secondary N) is 3. The molecule has 0 spiro atoms. The summed E-state index contributed by atoms with van der Waals surface area (Å²) in [5, 5.41) is 5.23. The molecule has 1 aromatic heterocycles. The maximum Gasteiger partial charge on any atom is 0.328 e. The topological polar surface area (TPSA) is 91.1 Å². The van der Waals surface area contributed by atoms with Crippen molar-refractivity contribution in [2.24, 2.45) is 0 Å². The summed E-state index contributed by atoms with van der Waals surface area (Å²) in [6, 6.07) is 7.15. The third-order valence-corrected chi connectivity index (χ3v) is 3.38. The van der Waals surface area contributed by atoms with E-state index in [4.69, 9.17) is 0 Å². The average molecular weight is 283 g/mol. The van der Waals surface area contributed by atoms with Crippen LogP contribution in [0.4, 0.5) is 4.79 Å². The third kappa shape index (κ3) is 2.55. The van der Waals surface area contributed by atoms with E-state index in [-0.39, 0.29) is 5.57 Å². The molecule has 4 amide bonds. The standard InChI is InChI=1S/C15H13N3O3/c19-13-11(14(20)18-15(21)17-13)6-3-4-9-8-16-12-7-2-1-5-10(9)12/h1-2,5-8,16H,3-4H2,(H2,17,18,19,20,21). The summed E-state index contributed by atoms with van der Waals surface area (Å²) in [7, 11) is 0. The summed E-state index contributed by atoms with van der Waals surface area (Å²) in [5.74, 6) is -1.30. The van der Waals surface area contributed by atoms with E-state index in [1.165, 1.54) is 0 Å². The van der Waals surface area contributed by atoms with Crippen LogP contribution in [0.1, 0.15) is 12.0 Å². The number of benzene rings is 1. The Kier molecular flexibility index (Phi) is 3.27. The number of carbonyl (C=O) groups excluding carboxylic acids is 3. The van der Waals surface area contributed by atoms with Gasteiger partial charge in [0.2, 0.25) is 0 Å². The minimum Gasteiger partial charge on any atom is -0.361 e. The molecular weight excluding hydrogens is 270 g/mol. The number of para-hydroxylation sites is 1. The van der Waals surface area contributed by atoms with Gasteiger partial charge in [-0.25, -0.2) is 4.79 Å². The predicted molar refractivity (Wildman–Crippen MR) is 76.4 cm³/mol. The Balaban J connectivity index is 1.73. The molecule has 0 saturated carbocycles. The van der Waals surface area contributed by atoms with Gasteiger partial charge in [-0.05, 0) is 24.5 Å². The van der Waals surface area contributed by atoms with Gasteiger partial charge in [-0.15, -0.1) is 0 Å². The fourth-order valence-corrected chi connectivity index (χ4v) is 2.37. The van der Waals surface area contributed by atoms with Gasteiger partial charge in [0.05, 0.1) is 0 Å². The zero-order valence-electron chi connectivity index (χ0n) is 11.1. The highest BCUT2D eigenvalue weighted by Gasteiger charge is 2.27. The highest BCUT2D eigenvalue weighted by atomic mass is 16.2. The lowest BCUT2D eigenvalue weighted by Crippen LogP contribution is -2.51. The van der Waals surface area contributed by atoms with E-state index < -0.39 is 17.8 Å². The lowest BCUT2D eigenvalue weighted by Gasteiger charge is -2.13. The van der Waals surface area contributed by atoms with Crippen LogP contribution in [0.2, 0.25) is 0 Å². The van der Waals surface area contributed by atoms with Gasteiger partial charge < -0.3 is 4.98 Å². The number of carbonyl (C=O) groups is 3. The molecule has 6 heteroatoms. The van der Waals surface area contributed by atoms with Crippen LogP contribution < -0.4 is 10.6 Å². The molecule has 0 unspecified atom stereocenters. The van der Waals surface area contributed by atoms with Crippen molar-refractivity contribution in [3.8, 4) is 0 Å². The van der Waals surface area contributed by atoms with Gasteiger partial charge in [0.15, 0.2) is 0 Å². The molecule has 3 rings (SSSR count). The Morgan fingerprint density at radius 2 is 1.71 bits per heavy atom. The highest BCUT2D eigenvalue weighted by molar-refractivity contribution is 6.28. The first-order valence-electron chi connectivity index (χ1n) is 6.57. The summed E-state index contributed by atoms with van der Waals surface area (Å²) in [5.41, 5.74) is 2.16. The molecule has 6 nitrogen and oxygen atoms in total. The number of barbiturate groups is 1. The Morgan fingerprint density at radius 1 is 1.00 bits per heavy atom. The first-order valence-corrected chi connectivity index (χ1v) is 6.57. The number of allylic oxidation sites excluding steroid dienone is 1. The molecule has 1 saturated heterocycles. The average Bonchev–Trinajstić information content (AvgIpc) is 2.85. The molecule has 2 heterocycles. The van der Waals surface area contributed by atoms with Crippen LogP contribution in [0.15, 0.2) is 42.1 Å². The Bertz CT molecular complexity index is 751. The molecule has 0 aliphatic carbocycles. The van der Waals surface area contributed by atoms with Crippen molar-refractivity contribution in [1.82, 2.24) is 15.6 Å². The lowest BCUT2D eigenvalue weighted by molar-refractivity contribution is -0.124. The lowest BCUT2D eigenvalue weighted by atomic mass is 10.1. The number of H-pyrrole nitrogens is 1. The molecule has 21 heavy (non-hydrogen) atoms. The molecule has 1 fully saturated rings. The molecular formula is C15H13N3O3. The first kappa shape index (κ1) is 13.1. The van der Waals surface area contributed by atoms with Gasteiger partial charge in [-0.3, -0.25) is 20.2 Å². The number of aryl methyl sites for hydroxylation is 1. The normalized spacial score (nSPS) is 15.0. The van der Waals surface area contributed by atoms with Crippen LogP contribution in [-0.4, -0.2) is 22.8 Å². The van der Waals surface area contributed by atoms with Crippen molar-refractivity contribution in [1.29, 1.82) is 0 Å². The zero-order valence-corrected chi connectivity index (χ0v) is 11.1. The van der Waals surface area contributed by atoms with Gasteiger partial charge in [-0.1, -0.05) is 24.3 Å². The summed E-state index contributed by atoms with van der Waals surface area (Å²) in [4.78, 5) is 37.2. The second-order valence-corrected chi connectivity index (χ2v) is 4.75. The number of aromatic nitrogens is 1. The van der Waals surface area contributed by atoms with E-state index in [1.807, 2.05) is 41.1 Å². The van der Waals surface area contributed by atoms with E-state index in [0.717, 1.165) is 16.5 Å². The monoisotopic (exact) mass is 283 g/mol. The van der Waals surface area contributed by atoms with Crippen molar-refractivity contribution in [2.45, 2.75) is 12.8 Å². The molecule has 0 bridgehead atoms. The summed E-state index contributed by atoms with van der Waals surface area (Å²) in [6.45, 7) is 0. The van der Waals surface area contributed by atoms with E-state index in [0.29, 0.717) is 12.8 Å². The Hall–Kier alpha value is -2.89. The zero-order chi connectivity index (χ0) is 14.8. The second-order valence-electron chi connectivity index (χ2n) is 4.75. The smallest absolute Gasteiger partial charge is 0.328 e. The first-order chi connectivity index (χ1) is 10.1. The van der Waals surface area contributed by atoms with E-state index >= 15 is 0 Å². The number of rotatable bonds is 3. The molecule has 1 aliphatic rings. The van der Waals surface area contributed by atoms with E-state index in [2.05, 4.69) is 4.98 Å². The number of amides is 4.